The summed E-state index contributed by atoms with van der Waals surface area (Å²) in [7, 11) is -3.78. The minimum atomic E-state index is -3.78. The number of hydrogen-bond acceptors (Lipinski definition) is 3. The number of carbonyl (C=O) groups is 1. The summed E-state index contributed by atoms with van der Waals surface area (Å²) < 4.78 is 41.1. The fourth-order valence-corrected chi connectivity index (χ4v) is 8.82. The van der Waals surface area contributed by atoms with E-state index in [0.717, 1.165) is 36.9 Å². The summed E-state index contributed by atoms with van der Waals surface area (Å²) in [5.74, 6) is 1.79. The molecule has 5 nitrogen and oxygen atoms in total. The smallest absolute Gasteiger partial charge is 0.264 e. The summed E-state index contributed by atoms with van der Waals surface area (Å²) in [6.07, 6.45) is 8.38. The Bertz CT molecular complexity index is 1170. The molecule has 4 aliphatic carbocycles. The quantitative estimate of drug-likeness (QED) is 0.677. The Morgan fingerprint density at radius 2 is 1.61 bits per heavy atom. The number of amides is 1. The average Bonchev–Trinajstić information content (AvgIpc) is 2.78. The van der Waals surface area contributed by atoms with E-state index in [0.29, 0.717) is 36.4 Å². The zero-order chi connectivity index (χ0) is 22.8. The number of benzene rings is 2. The maximum atomic E-state index is 13.4. The van der Waals surface area contributed by atoms with E-state index in [1.54, 1.807) is 6.07 Å². The first-order valence-corrected chi connectivity index (χ1v) is 13.5. The third-order valence-electron chi connectivity index (χ3n) is 8.33. The van der Waals surface area contributed by atoms with E-state index in [1.165, 1.54) is 47.8 Å². The molecule has 0 aromatic heterocycles. The van der Waals surface area contributed by atoms with Crippen molar-refractivity contribution in [2.45, 2.75) is 56.3 Å². The van der Waals surface area contributed by atoms with Crippen LogP contribution in [0.5, 0.6) is 0 Å². The van der Waals surface area contributed by atoms with Crippen molar-refractivity contribution in [3.05, 3.63) is 53.8 Å². The summed E-state index contributed by atoms with van der Waals surface area (Å²) in [5.41, 5.74) is 2.08. The van der Waals surface area contributed by atoms with Gasteiger partial charge in [-0.25, -0.2) is 12.8 Å². The van der Waals surface area contributed by atoms with Crippen LogP contribution in [-0.4, -0.2) is 20.9 Å². The molecule has 7 heteroatoms. The molecular formula is C26H29FN2O3S. The lowest BCUT2D eigenvalue weighted by Gasteiger charge is -2.55. The van der Waals surface area contributed by atoms with E-state index in [1.807, 2.05) is 12.1 Å². The summed E-state index contributed by atoms with van der Waals surface area (Å²) in [4.78, 5) is 13.5. The molecule has 4 saturated carbocycles. The molecule has 7 rings (SSSR count). The zero-order valence-corrected chi connectivity index (χ0v) is 19.4. The van der Waals surface area contributed by atoms with Gasteiger partial charge in [0.2, 0.25) is 5.91 Å². The van der Waals surface area contributed by atoms with Crippen LogP contribution in [0.1, 0.15) is 50.5 Å². The predicted molar refractivity (Wildman–Crippen MR) is 125 cm³/mol. The second kappa shape index (κ2) is 7.55. The van der Waals surface area contributed by atoms with Gasteiger partial charge in [-0.2, -0.15) is 0 Å². The van der Waals surface area contributed by atoms with Crippen molar-refractivity contribution in [1.29, 1.82) is 0 Å². The van der Waals surface area contributed by atoms with Crippen LogP contribution in [-0.2, 0) is 21.2 Å². The number of nitrogens with zero attached hydrogens (tertiary/aromatic N) is 1. The van der Waals surface area contributed by atoms with Gasteiger partial charge < -0.3 is 5.32 Å². The summed E-state index contributed by atoms with van der Waals surface area (Å²) in [6.45, 7) is 0.381. The molecule has 33 heavy (non-hydrogen) atoms. The number of rotatable bonds is 4. The average molecular weight is 469 g/mol. The number of fused-ring (bicyclic) bond motifs is 1. The fourth-order valence-electron chi connectivity index (χ4n) is 7.28. The maximum Gasteiger partial charge on any atom is 0.264 e. The van der Waals surface area contributed by atoms with Gasteiger partial charge in [-0.05, 0) is 117 Å². The minimum Gasteiger partial charge on any atom is -0.326 e. The van der Waals surface area contributed by atoms with Crippen molar-refractivity contribution in [1.82, 2.24) is 0 Å². The Morgan fingerprint density at radius 3 is 2.24 bits per heavy atom. The molecule has 4 bridgehead atoms. The van der Waals surface area contributed by atoms with E-state index in [-0.39, 0.29) is 16.2 Å². The van der Waals surface area contributed by atoms with Crippen LogP contribution >= 0.6 is 0 Å². The molecule has 2 aromatic carbocycles. The lowest BCUT2D eigenvalue weighted by atomic mass is 9.49. The third kappa shape index (κ3) is 3.56. The van der Waals surface area contributed by atoms with Crippen molar-refractivity contribution >= 4 is 27.3 Å². The van der Waals surface area contributed by atoms with Gasteiger partial charge in [-0.15, -0.1) is 0 Å². The van der Waals surface area contributed by atoms with Crippen molar-refractivity contribution < 1.29 is 17.6 Å². The molecule has 0 atom stereocenters. The molecule has 1 aliphatic heterocycles. The van der Waals surface area contributed by atoms with Gasteiger partial charge >= 0.3 is 0 Å². The molecule has 0 radical (unpaired) electrons. The molecule has 0 unspecified atom stereocenters. The highest BCUT2D eigenvalue weighted by Crippen LogP contribution is 2.60. The molecular weight excluding hydrogens is 439 g/mol. The molecule has 1 amide bonds. The van der Waals surface area contributed by atoms with Crippen molar-refractivity contribution in [3.63, 3.8) is 0 Å². The van der Waals surface area contributed by atoms with Crippen LogP contribution in [0.25, 0.3) is 0 Å². The first-order chi connectivity index (χ1) is 15.8. The van der Waals surface area contributed by atoms with E-state index in [4.69, 9.17) is 0 Å². The van der Waals surface area contributed by atoms with Gasteiger partial charge in [-0.1, -0.05) is 0 Å². The van der Waals surface area contributed by atoms with Gasteiger partial charge in [0.05, 0.1) is 16.0 Å². The molecule has 4 fully saturated rings. The minimum absolute atomic E-state index is 0.0796. The Kier molecular flexibility index (Phi) is 4.84. The molecule has 2 aromatic rings. The zero-order valence-electron chi connectivity index (χ0n) is 18.6. The molecule has 0 spiro atoms. The second-order valence-corrected chi connectivity index (χ2v) is 12.5. The Hall–Kier alpha value is -2.41. The number of nitrogens with one attached hydrogen (secondary N) is 1. The topological polar surface area (TPSA) is 66.5 Å². The standard InChI is InChI=1S/C26H29FN2O3S/c27-21-3-6-23(7-4-21)33(31,32)29-9-1-2-20-13-22(5-8-24(20)29)28-25(30)26-14-17-10-18(15-26)12-19(11-17)16-26/h3-8,13,17-19H,1-2,9-12,14-16H2,(H,28,30). The van der Waals surface area contributed by atoms with Crippen LogP contribution in [0.3, 0.4) is 0 Å². The van der Waals surface area contributed by atoms with Gasteiger partial charge in [0.1, 0.15) is 5.82 Å². The van der Waals surface area contributed by atoms with Gasteiger partial charge in [0, 0.05) is 12.2 Å². The Balaban J connectivity index is 1.25. The van der Waals surface area contributed by atoms with E-state index in [2.05, 4.69) is 5.32 Å². The van der Waals surface area contributed by atoms with Gasteiger partial charge in [0.15, 0.2) is 0 Å². The second-order valence-electron chi connectivity index (χ2n) is 10.6. The first kappa shape index (κ1) is 21.1. The lowest BCUT2D eigenvalue weighted by Crippen LogP contribution is -2.51. The monoisotopic (exact) mass is 468 g/mol. The predicted octanol–water partition coefficient (Wildman–Crippen LogP) is 5.12. The number of carbonyl (C=O) groups excluding carboxylic acids is 1. The number of aryl methyl sites for hydroxylation is 1. The van der Waals surface area contributed by atoms with Gasteiger partial charge in [-0.3, -0.25) is 9.10 Å². The van der Waals surface area contributed by atoms with E-state index < -0.39 is 15.8 Å². The molecule has 5 aliphatic rings. The van der Waals surface area contributed by atoms with Gasteiger partial charge in [0.25, 0.3) is 10.0 Å². The Labute approximate surface area is 194 Å². The first-order valence-electron chi connectivity index (χ1n) is 12.1. The molecule has 1 N–H and O–H groups in total. The molecule has 174 valence electrons. The van der Waals surface area contributed by atoms with E-state index >= 15 is 0 Å². The van der Waals surface area contributed by atoms with Crippen molar-refractivity contribution in [2.24, 2.45) is 23.2 Å². The largest absolute Gasteiger partial charge is 0.326 e. The highest BCUT2D eigenvalue weighted by molar-refractivity contribution is 7.92. The number of hydrogen-bond donors (Lipinski definition) is 1. The van der Waals surface area contributed by atoms with Crippen LogP contribution in [0, 0.1) is 29.0 Å². The van der Waals surface area contributed by atoms with Crippen molar-refractivity contribution in [2.75, 3.05) is 16.2 Å². The molecule has 1 heterocycles. The molecule has 0 saturated heterocycles. The maximum absolute atomic E-state index is 13.4. The summed E-state index contributed by atoms with van der Waals surface area (Å²) in [5, 5.41) is 3.19. The SMILES string of the molecule is O=C(Nc1ccc2c(c1)CCCN2S(=O)(=O)c1ccc(F)cc1)C12CC3CC(CC(C3)C1)C2. The summed E-state index contributed by atoms with van der Waals surface area (Å²) in [6, 6.07) is 10.5. The van der Waals surface area contributed by atoms with Crippen LogP contribution in [0.2, 0.25) is 0 Å². The van der Waals surface area contributed by atoms with Crippen LogP contribution in [0.4, 0.5) is 15.8 Å². The summed E-state index contributed by atoms with van der Waals surface area (Å²) >= 11 is 0. The number of halogens is 1. The fraction of sp³-hybridized carbons (Fsp3) is 0.500. The highest BCUT2D eigenvalue weighted by Gasteiger charge is 2.54. The van der Waals surface area contributed by atoms with Crippen LogP contribution < -0.4 is 9.62 Å². The number of anilines is 2. The van der Waals surface area contributed by atoms with Crippen molar-refractivity contribution in [3.8, 4) is 0 Å². The number of sulfonamides is 1. The highest BCUT2D eigenvalue weighted by atomic mass is 32.2. The normalized spacial score (nSPS) is 30.2. The van der Waals surface area contributed by atoms with E-state index in [9.17, 15) is 17.6 Å². The Morgan fingerprint density at radius 1 is 0.970 bits per heavy atom. The third-order valence-corrected chi connectivity index (χ3v) is 10.2. The van der Waals surface area contributed by atoms with Crippen LogP contribution in [0.15, 0.2) is 47.4 Å². The lowest BCUT2D eigenvalue weighted by molar-refractivity contribution is -0.140.